The van der Waals surface area contributed by atoms with Gasteiger partial charge in [-0.15, -0.1) is 5.16 Å². The molecule has 1 rings (SSSR count). The minimum atomic E-state index is -0.473. The van der Waals surface area contributed by atoms with Gasteiger partial charge in [-0.2, -0.15) is 0 Å². The molecular weight excluding hydrogens is 294 g/mol. The van der Waals surface area contributed by atoms with E-state index in [0.29, 0.717) is 13.0 Å². The van der Waals surface area contributed by atoms with Crippen molar-refractivity contribution in [3.8, 4) is 0 Å². The number of benzene rings is 1. The number of hydrogen-bond acceptors (Lipinski definition) is 5. The van der Waals surface area contributed by atoms with Gasteiger partial charge >= 0.3 is 0 Å². The van der Waals surface area contributed by atoms with Crippen LogP contribution in [0.5, 0.6) is 0 Å². The summed E-state index contributed by atoms with van der Waals surface area (Å²) in [6.45, 7) is 2.44. The van der Waals surface area contributed by atoms with Crippen LogP contribution in [0.4, 0.5) is 0 Å². The van der Waals surface area contributed by atoms with Crippen LogP contribution in [-0.4, -0.2) is 38.0 Å². The summed E-state index contributed by atoms with van der Waals surface area (Å²) >= 11 is 0. The van der Waals surface area contributed by atoms with Gasteiger partial charge in [0.05, 0.1) is 6.61 Å². The molecule has 23 heavy (non-hydrogen) atoms. The van der Waals surface area contributed by atoms with Crippen LogP contribution < -0.4 is 0 Å². The molecule has 2 atom stereocenters. The van der Waals surface area contributed by atoms with Gasteiger partial charge in [-0.1, -0.05) is 42.5 Å². The topological polar surface area (TPSA) is 60.3 Å². The molecule has 1 aromatic rings. The molecule has 0 saturated heterocycles. The van der Waals surface area contributed by atoms with Gasteiger partial charge in [0.25, 0.3) is 0 Å². The van der Waals surface area contributed by atoms with E-state index in [1.807, 2.05) is 49.4 Å². The lowest BCUT2D eigenvalue weighted by Gasteiger charge is -2.27. The van der Waals surface area contributed by atoms with Crippen molar-refractivity contribution in [2.45, 2.75) is 38.8 Å². The largest absolute Gasteiger partial charge is 0.411 e. The standard InChI is InChI=1S/C18H27NO4/c1-4-5-9-16(13-19-20)12-17(18(21-2)22-3)23-14-15-10-7-6-8-11-15/h4-8,10-11,13,16-18,20H,9,12,14H2,1-3H3/b5-4+,19-13+/t16-,17+/m1/s1. The molecule has 0 fully saturated rings. The van der Waals surface area contributed by atoms with Crippen LogP contribution in [0.3, 0.4) is 0 Å². The molecule has 0 aliphatic carbocycles. The summed E-state index contributed by atoms with van der Waals surface area (Å²) in [5, 5.41) is 12.0. The zero-order chi connectivity index (χ0) is 16.9. The summed E-state index contributed by atoms with van der Waals surface area (Å²) < 4.78 is 16.7. The summed E-state index contributed by atoms with van der Waals surface area (Å²) in [7, 11) is 3.18. The molecule has 0 amide bonds. The molecule has 0 bridgehead atoms. The second kappa shape index (κ2) is 11.8. The summed E-state index contributed by atoms with van der Waals surface area (Å²) in [6, 6.07) is 9.95. The van der Waals surface area contributed by atoms with Gasteiger partial charge in [-0.3, -0.25) is 0 Å². The second-order valence-electron chi connectivity index (χ2n) is 5.24. The first-order valence-corrected chi connectivity index (χ1v) is 7.75. The van der Waals surface area contributed by atoms with Gasteiger partial charge in [0.2, 0.25) is 0 Å². The predicted molar refractivity (Wildman–Crippen MR) is 90.6 cm³/mol. The first kappa shape index (κ1) is 19.4. The molecule has 128 valence electrons. The molecule has 5 nitrogen and oxygen atoms in total. The van der Waals surface area contributed by atoms with E-state index < -0.39 is 6.29 Å². The van der Waals surface area contributed by atoms with Gasteiger partial charge in [0, 0.05) is 26.4 Å². The molecular formula is C18H27NO4. The fraction of sp³-hybridized carbons (Fsp3) is 0.500. The Morgan fingerprint density at radius 1 is 1.17 bits per heavy atom. The monoisotopic (exact) mass is 321 g/mol. The van der Waals surface area contributed by atoms with Crippen molar-refractivity contribution in [2.24, 2.45) is 11.1 Å². The lowest BCUT2D eigenvalue weighted by molar-refractivity contribution is -0.187. The fourth-order valence-corrected chi connectivity index (χ4v) is 2.36. The molecule has 1 aromatic carbocycles. The van der Waals surface area contributed by atoms with Crippen LogP contribution in [0.25, 0.3) is 0 Å². The Kier molecular flexibility index (Phi) is 9.95. The van der Waals surface area contributed by atoms with E-state index in [2.05, 4.69) is 5.16 Å². The Balaban J connectivity index is 2.73. The first-order valence-electron chi connectivity index (χ1n) is 7.75. The molecule has 0 aromatic heterocycles. The zero-order valence-corrected chi connectivity index (χ0v) is 14.1. The maximum absolute atomic E-state index is 8.85. The van der Waals surface area contributed by atoms with Crippen molar-refractivity contribution >= 4 is 6.21 Å². The van der Waals surface area contributed by atoms with Gasteiger partial charge in [-0.25, -0.2) is 0 Å². The average molecular weight is 321 g/mol. The number of ether oxygens (including phenoxy) is 3. The minimum Gasteiger partial charge on any atom is -0.411 e. The van der Waals surface area contributed by atoms with Crippen LogP contribution in [-0.2, 0) is 20.8 Å². The van der Waals surface area contributed by atoms with Gasteiger partial charge in [0.15, 0.2) is 6.29 Å². The minimum absolute atomic E-state index is 0.0461. The first-order chi connectivity index (χ1) is 11.2. The molecule has 0 aliphatic heterocycles. The van der Waals surface area contributed by atoms with Crippen LogP contribution >= 0.6 is 0 Å². The highest BCUT2D eigenvalue weighted by molar-refractivity contribution is 5.60. The Morgan fingerprint density at radius 3 is 2.43 bits per heavy atom. The van der Waals surface area contributed by atoms with E-state index in [1.165, 1.54) is 6.21 Å². The SMILES string of the molecule is C/C=C/C[C@@H](/C=N/O)C[C@H](OCc1ccccc1)C(OC)OC. The summed E-state index contributed by atoms with van der Waals surface area (Å²) in [5.74, 6) is 0.0461. The Bertz CT molecular complexity index is 457. The zero-order valence-electron chi connectivity index (χ0n) is 14.1. The molecule has 0 saturated carbocycles. The van der Waals surface area contributed by atoms with E-state index in [0.717, 1.165) is 12.0 Å². The number of nitrogens with zero attached hydrogens (tertiary/aromatic N) is 1. The summed E-state index contributed by atoms with van der Waals surface area (Å²) in [5.41, 5.74) is 1.09. The lowest BCUT2D eigenvalue weighted by atomic mass is 9.98. The second-order valence-corrected chi connectivity index (χ2v) is 5.24. The van der Waals surface area contributed by atoms with E-state index in [-0.39, 0.29) is 12.0 Å². The highest BCUT2D eigenvalue weighted by Gasteiger charge is 2.25. The molecule has 5 heteroatoms. The van der Waals surface area contributed by atoms with Crippen LogP contribution in [0.2, 0.25) is 0 Å². The van der Waals surface area contributed by atoms with Crippen molar-refractivity contribution < 1.29 is 19.4 Å². The maximum atomic E-state index is 8.85. The Morgan fingerprint density at radius 2 is 1.87 bits per heavy atom. The number of oxime groups is 1. The van der Waals surface area contributed by atoms with Crippen molar-refractivity contribution in [3.05, 3.63) is 48.0 Å². The van der Waals surface area contributed by atoms with Crippen LogP contribution in [0, 0.1) is 5.92 Å². The Hall–Kier alpha value is -1.69. The van der Waals surface area contributed by atoms with E-state index in [1.54, 1.807) is 14.2 Å². The molecule has 0 spiro atoms. The normalized spacial score (nSPS) is 14.8. The lowest BCUT2D eigenvalue weighted by Crippen LogP contribution is -2.34. The smallest absolute Gasteiger partial charge is 0.183 e. The van der Waals surface area contributed by atoms with Gasteiger partial charge < -0.3 is 19.4 Å². The Labute approximate surface area is 138 Å². The number of rotatable bonds is 11. The third-order valence-corrected chi connectivity index (χ3v) is 3.56. The van der Waals surface area contributed by atoms with E-state index in [9.17, 15) is 0 Å². The molecule has 1 N–H and O–H groups in total. The fourth-order valence-electron chi connectivity index (χ4n) is 2.36. The number of allylic oxidation sites excluding steroid dienone is 2. The van der Waals surface area contributed by atoms with Crippen LogP contribution in [0.15, 0.2) is 47.6 Å². The third-order valence-electron chi connectivity index (χ3n) is 3.56. The quantitative estimate of drug-likeness (QED) is 0.222. The summed E-state index contributed by atoms with van der Waals surface area (Å²) in [6.07, 6.45) is 6.20. The average Bonchev–Trinajstić information content (AvgIpc) is 2.59. The maximum Gasteiger partial charge on any atom is 0.183 e. The van der Waals surface area contributed by atoms with Gasteiger partial charge in [-0.05, 0) is 25.3 Å². The van der Waals surface area contributed by atoms with Gasteiger partial charge in [0.1, 0.15) is 6.10 Å². The van der Waals surface area contributed by atoms with E-state index in [4.69, 9.17) is 19.4 Å². The number of hydrogen-bond donors (Lipinski definition) is 1. The number of methoxy groups -OCH3 is 2. The van der Waals surface area contributed by atoms with Crippen molar-refractivity contribution in [3.63, 3.8) is 0 Å². The molecule has 0 aliphatic rings. The van der Waals surface area contributed by atoms with Crippen molar-refractivity contribution in [1.29, 1.82) is 0 Å². The highest BCUT2D eigenvalue weighted by Crippen LogP contribution is 2.19. The molecule has 0 heterocycles. The highest BCUT2D eigenvalue weighted by atomic mass is 16.7. The summed E-state index contributed by atoms with van der Waals surface area (Å²) in [4.78, 5) is 0. The third kappa shape index (κ3) is 7.41. The van der Waals surface area contributed by atoms with Crippen molar-refractivity contribution in [1.82, 2.24) is 0 Å². The van der Waals surface area contributed by atoms with E-state index >= 15 is 0 Å². The predicted octanol–water partition coefficient (Wildman–Crippen LogP) is 3.62. The van der Waals surface area contributed by atoms with Crippen molar-refractivity contribution in [2.75, 3.05) is 14.2 Å². The molecule has 0 unspecified atom stereocenters. The van der Waals surface area contributed by atoms with Crippen LogP contribution in [0.1, 0.15) is 25.3 Å². The molecule has 0 radical (unpaired) electrons.